The molecule has 0 saturated heterocycles. The first-order chi connectivity index (χ1) is 10.2. The standard InChI is InChI=1S/C18H21Cl2N/c1-3-16(13-7-5-4-6-8-13)18(21-2)11-14-9-10-15(19)12-17(14)20/h4-10,12,16,18,21H,3,11H2,1-2H3. The van der Waals surface area contributed by atoms with Crippen LogP contribution in [0.3, 0.4) is 0 Å². The van der Waals surface area contributed by atoms with Gasteiger partial charge in [0.2, 0.25) is 0 Å². The van der Waals surface area contributed by atoms with Gasteiger partial charge >= 0.3 is 0 Å². The van der Waals surface area contributed by atoms with Gasteiger partial charge in [-0.05, 0) is 49.1 Å². The molecule has 0 aliphatic carbocycles. The third-order valence-corrected chi connectivity index (χ3v) is 4.57. The van der Waals surface area contributed by atoms with Gasteiger partial charge in [-0.15, -0.1) is 0 Å². The van der Waals surface area contributed by atoms with Crippen LogP contribution in [0.15, 0.2) is 48.5 Å². The number of likely N-dealkylation sites (N-methyl/N-ethyl adjacent to an activating group) is 1. The summed E-state index contributed by atoms with van der Waals surface area (Å²) in [5, 5.41) is 4.87. The van der Waals surface area contributed by atoms with Gasteiger partial charge in [0.25, 0.3) is 0 Å². The van der Waals surface area contributed by atoms with Gasteiger partial charge in [0.05, 0.1) is 0 Å². The van der Waals surface area contributed by atoms with E-state index in [0.717, 1.165) is 23.4 Å². The zero-order valence-electron chi connectivity index (χ0n) is 12.4. The van der Waals surface area contributed by atoms with Gasteiger partial charge in [-0.25, -0.2) is 0 Å². The largest absolute Gasteiger partial charge is 0.316 e. The predicted octanol–water partition coefficient (Wildman–Crippen LogP) is 5.32. The van der Waals surface area contributed by atoms with Gasteiger partial charge in [0.1, 0.15) is 0 Å². The van der Waals surface area contributed by atoms with Crippen molar-refractivity contribution in [2.75, 3.05) is 7.05 Å². The molecule has 0 aliphatic rings. The van der Waals surface area contributed by atoms with Crippen LogP contribution in [0.2, 0.25) is 10.0 Å². The molecule has 0 radical (unpaired) electrons. The third kappa shape index (κ3) is 4.23. The van der Waals surface area contributed by atoms with Crippen molar-refractivity contribution < 1.29 is 0 Å². The van der Waals surface area contributed by atoms with Crippen molar-refractivity contribution in [3.05, 3.63) is 69.7 Å². The van der Waals surface area contributed by atoms with Crippen LogP contribution in [0.5, 0.6) is 0 Å². The van der Waals surface area contributed by atoms with E-state index in [1.54, 1.807) is 0 Å². The van der Waals surface area contributed by atoms with Crippen molar-refractivity contribution in [1.29, 1.82) is 0 Å². The highest BCUT2D eigenvalue weighted by Gasteiger charge is 2.21. The van der Waals surface area contributed by atoms with Crippen molar-refractivity contribution in [3.8, 4) is 0 Å². The van der Waals surface area contributed by atoms with Gasteiger partial charge in [0.15, 0.2) is 0 Å². The fourth-order valence-electron chi connectivity index (χ4n) is 2.82. The number of nitrogens with one attached hydrogen (secondary N) is 1. The smallest absolute Gasteiger partial charge is 0.0453 e. The molecule has 1 nitrogen and oxygen atoms in total. The fraction of sp³-hybridized carbons (Fsp3) is 0.333. The number of benzene rings is 2. The maximum Gasteiger partial charge on any atom is 0.0453 e. The summed E-state index contributed by atoms with van der Waals surface area (Å²) < 4.78 is 0. The molecule has 0 spiro atoms. The van der Waals surface area contributed by atoms with Gasteiger partial charge in [0, 0.05) is 16.1 Å². The quantitative estimate of drug-likeness (QED) is 0.759. The van der Waals surface area contributed by atoms with Crippen molar-refractivity contribution in [3.63, 3.8) is 0 Å². The molecule has 0 aromatic heterocycles. The topological polar surface area (TPSA) is 12.0 Å². The van der Waals surface area contributed by atoms with Crippen LogP contribution < -0.4 is 5.32 Å². The lowest BCUT2D eigenvalue weighted by Crippen LogP contribution is -2.34. The SMILES string of the molecule is CCC(c1ccccc1)C(Cc1ccc(Cl)cc1Cl)NC. The van der Waals surface area contributed by atoms with Crippen LogP contribution in [0.4, 0.5) is 0 Å². The molecule has 2 atom stereocenters. The van der Waals surface area contributed by atoms with E-state index < -0.39 is 0 Å². The van der Waals surface area contributed by atoms with E-state index in [4.69, 9.17) is 23.2 Å². The van der Waals surface area contributed by atoms with E-state index in [2.05, 4.69) is 42.6 Å². The minimum Gasteiger partial charge on any atom is -0.316 e. The summed E-state index contributed by atoms with van der Waals surface area (Å²) in [6.45, 7) is 2.23. The van der Waals surface area contributed by atoms with Crippen LogP contribution in [0.1, 0.15) is 30.4 Å². The van der Waals surface area contributed by atoms with E-state index in [1.807, 2.05) is 25.2 Å². The molecule has 0 heterocycles. The molecule has 2 aromatic rings. The zero-order chi connectivity index (χ0) is 15.2. The lowest BCUT2D eigenvalue weighted by Gasteiger charge is -2.27. The van der Waals surface area contributed by atoms with Gasteiger partial charge < -0.3 is 5.32 Å². The molecule has 2 aromatic carbocycles. The van der Waals surface area contributed by atoms with Crippen molar-refractivity contribution in [2.45, 2.75) is 31.7 Å². The maximum atomic E-state index is 6.31. The Morgan fingerprint density at radius 3 is 2.33 bits per heavy atom. The Morgan fingerprint density at radius 2 is 1.76 bits per heavy atom. The Kier molecular flexibility index (Phi) is 6.10. The van der Waals surface area contributed by atoms with Crippen molar-refractivity contribution in [1.82, 2.24) is 5.32 Å². The minimum absolute atomic E-state index is 0.344. The summed E-state index contributed by atoms with van der Waals surface area (Å²) in [5.41, 5.74) is 2.50. The molecule has 1 N–H and O–H groups in total. The Balaban J connectivity index is 2.22. The lowest BCUT2D eigenvalue weighted by atomic mass is 9.86. The molecule has 3 heteroatoms. The highest BCUT2D eigenvalue weighted by molar-refractivity contribution is 6.35. The first kappa shape index (κ1) is 16.4. The van der Waals surface area contributed by atoms with E-state index in [-0.39, 0.29) is 0 Å². The molecular weight excluding hydrogens is 301 g/mol. The van der Waals surface area contributed by atoms with Crippen molar-refractivity contribution >= 4 is 23.2 Å². The van der Waals surface area contributed by atoms with Crippen LogP contribution in [0.25, 0.3) is 0 Å². The van der Waals surface area contributed by atoms with Crippen LogP contribution >= 0.6 is 23.2 Å². The van der Waals surface area contributed by atoms with Gasteiger partial charge in [-0.1, -0.05) is 66.5 Å². The molecule has 0 amide bonds. The first-order valence-electron chi connectivity index (χ1n) is 7.31. The van der Waals surface area contributed by atoms with Crippen LogP contribution in [-0.2, 0) is 6.42 Å². The van der Waals surface area contributed by atoms with E-state index >= 15 is 0 Å². The molecule has 2 unspecified atom stereocenters. The summed E-state index contributed by atoms with van der Waals surface area (Å²) in [4.78, 5) is 0. The second-order valence-corrected chi connectivity index (χ2v) is 6.10. The van der Waals surface area contributed by atoms with Crippen LogP contribution in [0, 0.1) is 0 Å². The first-order valence-corrected chi connectivity index (χ1v) is 8.07. The molecular formula is C18H21Cl2N. The highest BCUT2D eigenvalue weighted by atomic mass is 35.5. The summed E-state index contributed by atoms with van der Waals surface area (Å²) in [5.74, 6) is 0.461. The number of hydrogen-bond donors (Lipinski definition) is 1. The third-order valence-electron chi connectivity index (χ3n) is 3.98. The average Bonchev–Trinajstić information content (AvgIpc) is 2.50. The minimum atomic E-state index is 0.344. The summed E-state index contributed by atoms with van der Waals surface area (Å²) in [6, 6.07) is 16.7. The fourth-order valence-corrected chi connectivity index (χ4v) is 3.31. The Labute approximate surface area is 137 Å². The highest BCUT2D eigenvalue weighted by Crippen LogP contribution is 2.28. The zero-order valence-corrected chi connectivity index (χ0v) is 14.0. The second-order valence-electron chi connectivity index (χ2n) is 5.26. The summed E-state index contributed by atoms with van der Waals surface area (Å²) in [6.07, 6.45) is 1.97. The Hall–Kier alpha value is -1.02. The molecule has 21 heavy (non-hydrogen) atoms. The molecule has 2 rings (SSSR count). The van der Waals surface area contributed by atoms with E-state index in [9.17, 15) is 0 Å². The van der Waals surface area contributed by atoms with Crippen molar-refractivity contribution in [2.24, 2.45) is 0 Å². The number of rotatable bonds is 6. The van der Waals surface area contributed by atoms with E-state index in [1.165, 1.54) is 5.56 Å². The van der Waals surface area contributed by atoms with E-state index in [0.29, 0.717) is 17.0 Å². The molecule has 0 aliphatic heterocycles. The Bertz CT molecular complexity index is 569. The Morgan fingerprint density at radius 1 is 1.05 bits per heavy atom. The number of hydrogen-bond acceptors (Lipinski definition) is 1. The molecule has 0 saturated carbocycles. The lowest BCUT2D eigenvalue weighted by molar-refractivity contribution is 0.448. The molecule has 0 bridgehead atoms. The second kappa shape index (κ2) is 7.84. The van der Waals surface area contributed by atoms with Gasteiger partial charge in [-0.2, -0.15) is 0 Å². The normalized spacial score (nSPS) is 13.9. The average molecular weight is 322 g/mol. The summed E-state index contributed by atoms with van der Waals surface area (Å²) in [7, 11) is 2.01. The van der Waals surface area contributed by atoms with Gasteiger partial charge in [-0.3, -0.25) is 0 Å². The molecule has 112 valence electrons. The molecule has 0 fully saturated rings. The number of halogens is 2. The van der Waals surface area contributed by atoms with Crippen LogP contribution in [-0.4, -0.2) is 13.1 Å². The maximum absolute atomic E-state index is 6.31. The predicted molar refractivity (Wildman–Crippen MR) is 92.5 cm³/mol. The monoisotopic (exact) mass is 321 g/mol. The summed E-state index contributed by atoms with van der Waals surface area (Å²) >= 11 is 12.3.